The third kappa shape index (κ3) is 3.77. The van der Waals surface area contributed by atoms with Crippen LogP contribution in [0.5, 0.6) is 0 Å². The van der Waals surface area contributed by atoms with Crippen LogP contribution in [-0.2, 0) is 4.79 Å². The highest BCUT2D eigenvalue weighted by Crippen LogP contribution is 2.38. The van der Waals surface area contributed by atoms with E-state index in [-0.39, 0.29) is 23.3 Å². The van der Waals surface area contributed by atoms with E-state index in [9.17, 15) is 14.9 Å². The standard InChI is InChI=1S/C20H21NO3/c1-13-5-7-18(8-6-13)20(14(2)16(4)22)15(3)17-9-11-19(12-10-17)21(23)24/h5-12,15,20H,2H2,1,3-4H3/t15-,20-/m0/s1. The largest absolute Gasteiger partial charge is 0.295 e. The Bertz CT molecular complexity index is 760. The van der Waals surface area contributed by atoms with Gasteiger partial charge in [0, 0.05) is 18.1 Å². The maximum absolute atomic E-state index is 11.9. The van der Waals surface area contributed by atoms with Crippen molar-refractivity contribution in [2.45, 2.75) is 32.6 Å². The smallest absolute Gasteiger partial charge is 0.269 e. The lowest BCUT2D eigenvalue weighted by Crippen LogP contribution is -2.15. The van der Waals surface area contributed by atoms with Gasteiger partial charge in [0.1, 0.15) is 0 Å². The molecule has 0 spiro atoms. The molecular weight excluding hydrogens is 302 g/mol. The van der Waals surface area contributed by atoms with Crippen molar-refractivity contribution in [2.24, 2.45) is 0 Å². The van der Waals surface area contributed by atoms with Crippen molar-refractivity contribution in [3.8, 4) is 0 Å². The van der Waals surface area contributed by atoms with Gasteiger partial charge in [0.15, 0.2) is 5.78 Å². The molecule has 0 radical (unpaired) electrons. The number of Topliss-reactive ketones (excluding diaryl/α,β-unsaturated/α-hetero) is 1. The fourth-order valence-electron chi connectivity index (χ4n) is 2.88. The first kappa shape index (κ1) is 17.6. The van der Waals surface area contributed by atoms with Crippen LogP contribution in [0.4, 0.5) is 5.69 Å². The molecule has 0 fully saturated rings. The predicted octanol–water partition coefficient (Wildman–Crippen LogP) is 4.94. The Morgan fingerprint density at radius 2 is 1.54 bits per heavy atom. The van der Waals surface area contributed by atoms with Gasteiger partial charge < -0.3 is 0 Å². The third-order valence-corrected chi connectivity index (χ3v) is 4.39. The monoisotopic (exact) mass is 323 g/mol. The van der Waals surface area contributed by atoms with E-state index in [1.165, 1.54) is 19.1 Å². The van der Waals surface area contributed by atoms with Crippen molar-refractivity contribution in [3.63, 3.8) is 0 Å². The molecule has 0 heterocycles. The molecule has 2 rings (SSSR count). The van der Waals surface area contributed by atoms with E-state index >= 15 is 0 Å². The summed E-state index contributed by atoms with van der Waals surface area (Å²) in [5.74, 6) is -0.233. The number of carbonyl (C=O) groups is 1. The van der Waals surface area contributed by atoms with Gasteiger partial charge >= 0.3 is 0 Å². The summed E-state index contributed by atoms with van der Waals surface area (Å²) < 4.78 is 0. The Morgan fingerprint density at radius 1 is 1.04 bits per heavy atom. The normalized spacial score (nSPS) is 13.1. The molecule has 0 aliphatic rings. The van der Waals surface area contributed by atoms with E-state index in [1.54, 1.807) is 12.1 Å². The van der Waals surface area contributed by atoms with E-state index in [4.69, 9.17) is 0 Å². The number of ketones is 1. The zero-order valence-corrected chi connectivity index (χ0v) is 14.2. The minimum atomic E-state index is -0.416. The van der Waals surface area contributed by atoms with Gasteiger partial charge in [0.2, 0.25) is 0 Å². The maximum atomic E-state index is 11.9. The van der Waals surface area contributed by atoms with Crippen LogP contribution in [0.15, 0.2) is 60.7 Å². The first-order chi connectivity index (χ1) is 11.3. The minimum absolute atomic E-state index is 0.0232. The molecule has 4 heteroatoms. The second-order valence-corrected chi connectivity index (χ2v) is 6.11. The van der Waals surface area contributed by atoms with E-state index in [2.05, 4.69) is 6.58 Å². The summed E-state index contributed by atoms with van der Waals surface area (Å²) in [7, 11) is 0. The highest BCUT2D eigenvalue weighted by molar-refractivity contribution is 5.94. The van der Waals surface area contributed by atoms with Gasteiger partial charge in [-0.05, 0) is 36.5 Å². The molecule has 2 aromatic carbocycles. The molecule has 0 bridgehead atoms. The SMILES string of the molecule is C=C(C(C)=O)[C@H](c1ccc(C)cc1)[C@@H](C)c1ccc([N+](=O)[O-])cc1. The molecule has 2 aromatic rings. The van der Waals surface area contributed by atoms with Crippen LogP contribution in [-0.4, -0.2) is 10.7 Å². The Morgan fingerprint density at radius 3 is 2.00 bits per heavy atom. The van der Waals surface area contributed by atoms with Crippen LogP contribution < -0.4 is 0 Å². The molecule has 0 aliphatic carbocycles. The van der Waals surface area contributed by atoms with Crippen LogP contribution >= 0.6 is 0 Å². The summed E-state index contributed by atoms with van der Waals surface area (Å²) in [6, 6.07) is 14.5. The highest BCUT2D eigenvalue weighted by atomic mass is 16.6. The lowest BCUT2D eigenvalue weighted by Gasteiger charge is -2.26. The number of aryl methyl sites for hydroxylation is 1. The van der Waals surface area contributed by atoms with Crippen molar-refractivity contribution >= 4 is 11.5 Å². The molecular formula is C20H21NO3. The number of nitro groups is 1. The van der Waals surface area contributed by atoms with Crippen LogP contribution in [0, 0.1) is 17.0 Å². The van der Waals surface area contributed by atoms with Crippen LogP contribution in [0.1, 0.15) is 42.4 Å². The zero-order valence-electron chi connectivity index (χ0n) is 14.2. The molecule has 0 saturated carbocycles. The number of hydrogen-bond donors (Lipinski definition) is 0. The summed E-state index contributed by atoms with van der Waals surface area (Å²) in [5, 5.41) is 10.8. The van der Waals surface area contributed by atoms with Crippen molar-refractivity contribution in [1.29, 1.82) is 0 Å². The Balaban J connectivity index is 2.42. The molecule has 0 aliphatic heterocycles. The summed E-state index contributed by atoms with van der Waals surface area (Å²) >= 11 is 0. The molecule has 0 saturated heterocycles. The summed E-state index contributed by atoms with van der Waals surface area (Å²) in [6.45, 7) is 9.53. The number of hydrogen-bond acceptors (Lipinski definition) is 3. The number of allylic oxidation sites excluding steroid dienone is 1. The summed E-state index contributed by atoms with van der Waals surface area (Å²) in [6.07, 6.45) is 0. The molecule has 124 valence electrons. The average molecular weight is 323 g/mol. The van der Waals surface area contributed by atoms with Crippen LogP contribution in [0.25, 0.3) is 0 Å². The lowest BCUT2D eigenvalue weighted by atomic mass is 9.77. The molecule has 0 N–H and O–H groups in total. The first-order valence-electron chi connectivity index (χ1n) is 7.82. The van der Waals surface area contributed by atoms with Crippen molar-refractivity contribution in [1.82, 2.24) is 0 Å². The van der Waals surface area contributed by atoms with Gasteiger partial charge in [-0.1, -0.05) is 55.5 Å². The first-order valence-corrected chi connectivity index (χ1v) is 7.82. The average Bonchev–Trinajstić information content (AvgIpc) is 2.56. The summed E-state index contributed by atoms with van der Waals surface area (Å²) in [4.78, 5) is 22.3. The van der Waals surface area contributed by atoms with Crippen molar-refractivity contribution < 1.29 is 9.72 Å². The van der Waals surface area contributed by atoms with Crippen molar-refractivity contribution in [3.05, 3.63) is 87.5 Å². The maximum Gasteiger partial charge on any atom is 0.269 e. The van der Waals surface area contributed by atoms with Gasteiger partial charge in [-0.3, -0.25) is 14.9 Å². The third-order valence-electron chi connectivity index (χ3n) is 4.39. The van der Waals surface area contributed by atoms with Gasteiger partial charge in [-0.2, -0.15) is 0 Å². The van der Waals surface area contributed by atoms with E-state index in [0.717, 1.165) is 16.7 Å². The van der Waals surface area contributed by atoms with Crippen LogP contribution in [0.3, 0.4) is 0 Å². The molecule has 2 atom stereocenters. The number of nitrogens with zero attached hydrogens (tertiary/aromatic N) is 1. The fraction of sp³-hybridized carbons (Fsp3) is 0.250. The van der Waals surface area contributed by atoms with Gasteiger partial charge in [0.25, 0.3) is 5.69 Å². The number of non-ortho nitro benzene ring substituents is 1. The highest BCUT2D eigenvalue weighted by Gasteiger charge is 2.26. The van der Waals surface area contributed by atoms with E-state index in [1.807, 2.05) is 38.1 Å². The number of benzene rings is 2. The Labute approximate surface area is 142 Å². The lowest BCUT2D eigenvalue weighted by molar-refractivity contribution is -0.384. The van der Waals surface area contributed by atoms with Crippen molar-refractivity contribution in [2.75, 3.05) is 0 Å². The minimum Gasteiger partial charge on any atom is -0.295 e. The van der Waals surface area contributed by atoms with Crippen LogP contribution in [0.2, 0.25) is 0 Å². The molecule has 0 aromatic heterocycles. The Hall–Kier alpha value is -2.75. The van der Waals surface area contributed by atoms with E-state index < -0.39 is 4.92 Å². The molecule has 24 heavy (non-hydrogen) atoms. The summed E-state index contributed by atoms with van der Waals surface area (Å²) in [5.41, 5.74) is 3.71. The number of carbonyl (C=O) groups excluding carboxylic acids is 1. The Kier molecular flexibility index (Phi) is 5.29. The topological polar surface area (TPSA) is 60.2 Å². The fourth-order valence-corrected chi connectivity index (χ4v) is 2.88. The quantitative estimate of drug-likeness (QED) is 0.430. The molecule has 0 unspecified atom stereocenters. The number of nitro benzene ring substituents is 1. The predicted molar refractivity (Wildman–Crippen MR) is 95.3 cm³/mol. The molecule has 4 nitrogen and oxygen atoms in total. The van der Waals surface area contributed by atoms with Gasteiger partial charge in [-0.25, -0.2) is 0 Å². The second-order valence-electron chi connectivity index (χ2n) is 6.11. The van der Waals surface area contributed by atoms with Gasteiger partial charge in [0.05, 0.1) is 4.92 Å². The molecule has 0 amide bonds. The second kappa shape index (κ2) is 7.21. The van der Waals surface area contributed by atoms with E-state index in [0.29, 0.717) is 5.57 Å². The zero-order chi connectivity index (χ0) is 17.9. The van der Waals surface area contributed by atoms with Gasteiger partial charge in [-0.15, -0.1) is 0 Å². The number of rotatable bonds is 6.